The number of benzene rings is 3. The number of carbonyl (C=O) groups excluding carboxylic acids is 2. The van der Waals surface area contributed by atoms with Crippen LogP contribution in [-0.2, 0) is 27.3 Å². The highest BCUT2D eigenvalue weighted by Gasteiger charge is 2.19. The number of ether oxygens (including phenoxy) is 3. The lowest BCUT2D eigenvalue weighted by Crippen LogP contribution is -2.19. The lowest BCUT2D eigenvalue weighted by atomic mass is 10.0. The van der Waals surface area contributed by atoms with Crippen LogP contribution >= 0.6 is 0 Å². The van der Waals surface area contributed by atoms with Crippen LogP contribution < -0.4 is 15.4 Å². The average Bonchev–Trinajstić information content (AvgIpc) is 3.03. The first-order valence-corrected chi connectivity index (χ1v) is 13.7. The molecule has 45 heavy (non-hydrogen) atoms. The minimum Gasteiger partial charge on any atom is -0.473 e. The summed E-state index contributed by atoms with van der Waals surface area (Å²) in [6.07, 6.45) is -0.481. The Morgan fingerprint density at radius 2 is 1.73 bits per heavy atom. The summed E-state index contributed by atoms with van der Waals surface area (Å²) in [7, 11) is 2.79. The number of esters is 1. The topological polar surface area (TPSA) is 123 Å². The van der Waals surface area contributed by atoms with Crippen LogP contribution in [0.25, 0.3) is 11.3 Å². The normalized spacial score (nSPS) is 10.6. The Bertz CT molecular complexity index is 1770. The van der Waals surface area contributed by atoms with Gasteiger partial charge in [-0.2, -0.15) is 5.26 Å². The van der Waals surface area contributed by atoms with E-state index in [1.807, 2.05) is 6.07 Å². The molecule has 0 bridgehead atoms. The van der Waals surface area contributed by atoms with E-state index in [0.717, 1.165) is 18.2 Å². The number of nitrogens with one attached hydrogen (secondary N) is 2. The molecule has 9 nitrogen and oxygen atoms in total. The molecule has 1 amide bonds. The Labute approximate surface area is 257 Å². The molecule has 4 aromatic rings. The molecule has 0 spiro atoms. The molecule has 0 radical (unpaired) electrons. The quantitative estimate of drug-likeness (QED) is 0.148. The fourth-order valence-corrected chi connectivity index (χ4v) is 4.42. The van der Waals surface area contributed by atoms with Crippen molar-refractivity contribution in [3.63, 3.8) is 0 Å². The van der Waals surface area contributed by atoms with E-state index in [2.05, 4.69) is 15.6 Å². The predicted octanol–water partition coefficient (Wildman–Crippen LogP) is 5.95. The van der Waals surface area contributed by atoms with Crippen LogP contribution in [0.1, 0.15) is 32.6 Å². The number of anilines is 2. The summed E-state index contributed by atoms with van der Waals surface area (Å²) < 4.78 is 60.0. The van der Waals surface area contributed by atoms with Gasteiger partial charge in [0.1, 0.15) is 24.1 Å². The van der Waals surface area contributed by atoms with Crippen molar-refractivity contribution in [3.05, 3.63) is 106 Å². The molecule has 0 fully saturated rings. The van der Waals surface area contributed by atoms with Crippen molar-refractivity contribution in [2.45, 2.75) is 20.0 Å². The summed E-state index contributed by atoms with van der Waals surface area (Å²) in [5.41, 5.74) is 1.67. The Kier molecular flexibility index (Phi) is 10.7. The summed E-state index contributed by atoms with van der Waals surface area (Å²) in [5, 5.41) is 14.7. The molecule has 0 atom stereocenters. The van der Waals surface area contributed by atoms with Crippen LogP contribution in [-0.4, -0.2) is 44.2 Å². The van der Waals surface area contributed by atoms with Gasteiger partial charge in [0.05, 0.1) is 54.4 Å². The van der Waals surface area contributed by atoms with Crippen LogP contribution in [0.4, 0.5) is 24.5 Å². The van der Waals surface area contributed by atoms with Crippen molar-refractivity contribution >= 4 is 23.3 Å². The van der Waals surface area contributed by atoms with E-state index in [4.69, 9.17) is 19.5 Å². The summed E-state index contributed by atoms with van der Waals surface area (Å²) in [4.78, 5) is 29.3. The molecule has 3 aromatic carbocycles. The van der Waals surface area contributed by atoms with Crippen molar-refractivity contribution in [1.29, 1.82) is 5.26 Å². The SMILES string of the molecule is COCCNc1cc(C(=O)OC)cc(C)c1NC(=O)Cc1cc(F)c(-c2cccc(OCc3ccc(C#N)cc3F)n2)cc1F. The molecular formula is C33H29F3N4O5. The number of nitriles is 1. The molecule has 0 saturated heterocycles. The molecule has 0 unspecified atom stereocenters. The van der Waals surface area contributed by atoms with E-state index in [1.165, 1.54) is 50.6 Å². The molecule has 232 valence electrons. The van der Waals surface area contributed by atoms with Crippen molar-refractivity contribution in [1.82, 2.24) is 4.98 Å². The Balaban J connectivity index is 1.50. The van der Waals surface area contributed by atoms with Gasteiger partial charge < -0.3 is 24.8 Å². The van der Waals surface area contributed by atoms with E-state index < -0.39 is 35.7 Å². The van der Waals surface area contributed by atoms with Crippen LogP contribution in [0.5, 0.6) is 5.88 Å². The zero-order chi connectivity index (χ0) is 32.5. The number of methoxy groups -OCH3 is 2. The lowest BCUT2D eigenvalue weighted by Gasteiger charge is -2.17. The van der Waals surface area contributed by atoms with Crippen molar-refractivity contribution < 1.29 is 37.0 Å². The fraction of sp³-hybridized carbons (Fsp3) is 0.212. The van der Waals surface area contributed by atoms with E-state index in [0.29, 0.717) is 30.1 Å². The number of halogens is 3. The van der Waals surface area contributed by atoms with Gasteiger partial charge in [-0.25, -0.2) is 22.9 Å². The predicted molar refractivity (Wildman–Crippen MR) is 160 cm³/mol. The number of rotatable bonds is 12. The highest BCUT2D eigenvalue weighted by atomic mass is 19.1. The first-order chi connectivity index (χ1) is 21.6. The van der Waals surface area contributed by atoms with Gasteiger partial charge in [-0.05, 0) is 55.0 Å². The maximum absolute atomic E-state index is 15.2. The minimum absolute atomic E-state index is 0.0445. The molecule has 2 N–H and O–H groups in total. The largest absolute Gasteiger partial charge is 0.473 e. The summed E-state index contributed by atoms with van der Waals surface area (Å²) >= 11 is 0. The van der Waals surface area contributed by atoms with Gasteiger partial charge >= 0.3 is 5.97 Å². The maximum atomic E-state index is 15.2. The third-order valence-electron chi connectivity index (χ3n) is 6.69. The molecule has 0 aliphatic heterocycles. The second-order valence-corrected chi connectivity index (χ2v) is 9.84. The number of nitrogens with zero attached hydrogens (tertiary/aromatic N) is 2. The summed E-state index contributed by atoms with van der Waals surface area (Å²) in [5.74, 6) is -3.40. The molecule has 12 heteroatoms. The molecule has 4 rings (SSSR count). The van der Waals surface area contributed by atoms with Crippen molar-refractivity contribution in [2.24, 2.45) is 0 Å². The number of hydrogen-bond donors (Lipinski definition) is 2. The summed E-state index contributed by atoms with van der Waals surface area (Å²) in [6, 6.07) is 15.2. The van der Waals surface area contributed by atoms with Crippen molar-refractivity contribution in [3.8, 4) is 23.2 Å². The Morgan fingerprint density at radius 1 is 0.956 bits per heavy atom. The molecular weight excluding hydrogens is 589 g/mol. The number of amides is 1. The third-order valence-corrected chi connectivity index (χ3v) is 6.69. The van der Waals surface area contributed by atoms with Gasteiger partial charge in [0.2, 0.25) is 11.8 Å². The maximum Gasteiger partial charge on any atom is 0.337 e. The van der Waals surface area contributed by atoms with Gasteiger partial charge in [0.25, 0.3) is 0 Å². The number of pyridine rings is 1. The van der Waals surface area contributed by atoms with E-state index in [1.54, 1.807) is 13.0 Å². The van der Waals surface area contributed by atoms with E-state index in [9.17, 15) is 14.0 Å². The second kappa shape index (κ2) is 14.9. The first kappa shape index (κ1) is 32.5. The van der Waals surface area contributed by atoms with Crippen LogP contribution in [0.2, 0.25) is 0 Å². The zero-order valence-corrected chi connectivity index (χ0v) is 24.7. The Morgan fingerprint density at radius 3 is 2.44 bits per heavy atom. The smallest absolute Gasteiger partial charge is 0.337 e. The number of carbonyl (C=O) groups is 2. The second-order valence-electron chi connectivity index (χ2n) is 9.84. The van der Waals surface area contributed by atoms with E-state index in [-0.39, 0.29) is 46.0 Å². The molecule has 0 aliphatic rings. The fourth-order valence-electron chi connectivity index (χ4n) is 4.42. The highest BCUT2D eigenvalue weighted by Crippen LogP contribution is 2.30. The van der Waals surface area contributed by atoms with Gasteiger partial charge in [0, 0.05) is 36.4 Å². The molecule has 0 aliphatic carbocycles. The molecule has 1 aromatic heterocycles. The molecule has 0 saturated carbocycles. The standard InChI is InChI=1S/C33H29F3N4O5/c1-19-11-23(33(42)44-3)14-29(38-9-10-43-2)32(19)40-30(41)15-22-13-27(36)24(16-26(22)35)28-5-4-6-31(39-28)45-18-21-8-7-20(17-37)12-25(21)34/h4-8,11-14,16,38H,9-10,15,18H2,1-3H3,(H,40,41). The van der Waals surface area contributed by atoms with Gasteiger partial charge in [-0.15, -0.1) is 0 Å². The number of aryl methyl sites for hydroxylation is 1. The van der Waals surface area contributed by atoms with E-state index >= 15 is 8.78 Å². The van der Waals surface area contributed by atoms with Crippen LogP contribution in [0.15, 0.2) is 60.7 Å². The summed E-state index contributed by atoms with van der Waals surface area (Å²) in [6.45, 7) is 2.21. The van der Waals surface area contributed by atoms with Crippen molar-refractivity contribution in [2.75, 3.05) is 38.0 Å². The third kappa shape index (κ3) is 8.16. The Hall–Kier alpha value is -5.41. The molecule has 1 heterocycles. The highest BCUT2D eigenvalue weighted by molar-refractivity contribution is 5.99. The number of aromatic nitrogens is 1. The van der Waals surface area contributed by atoms with Gasteiger partial charge in [0.15, 0.2) is 0 Å². The average molecular weight is 619 g/mol. The monoisotopic (exact) mass is 618 g/mol. The van der Waals surface area contributed by atoms with Crippen LogP contribution in [0.3, 0.4) is 0 Å². The van der Waals surface area contributed by atoms with Gasteiger partial charge in [-0.3, -0.25) is 4.79 Å². The van der Waals surface area contributed by atoms with Crippen LogP contribution in [0, 0.1) is 35.7 Å². The number of hydrogen-bond acceptors (Lipinski definition) is 8. The van der Waals surface area contributed by atoms with Gasteiger partial charge in [-0.1, -0.05) is 12.1 Å². The first-order valence-electron chi connectivity index (χ1n) is 13.7. The minimum atomic E-state index is -0.828. The zero-order valence-electron chi connectivity index (χ0n) is 24.7. The lowest BCUT2D eigenvalue weighted by molar-refractivity contribution is -0.115.